The van der Waals surface area contributed by atoms with E-state index in [0.717, 1.165) is 11.3 Å². The molecule has 0 bridgehead atoms. The van der Waals surface area contributed by atoms with E-state index in [9.17, 15) is 9.90 Å². The third-order valence-electron chi connectivity index (χ3n) is 3.05. The van der Waals surface area contributed by atoms with Crippen molar-refractivity contribution in [1.29, 1.82) is 0 Å². The van der Waals surface area contributed by atoms with Gasteiger partial charge in [0.25, 0.3) is 0 Å². The highest BCUT2D eigenvalue weighted by Crippen LogP contribution is 2.29. The van der Waals surface area contributed by atoms with Crippen LogP contribution in [0.3, 0.4) is 0 Å². The molecule has 0 saturated carbocycles. The summed E-state index contributed by atoms with van der Waals surface area (Å²) in [6, 6.07) is 8.18. The van der Waals surface area contributed by atoms with Crippen molar-refractivity contribution in [2.45, 2.75) is 19.9 Å². The van der Waals surface area contributed by atoms with Gasteiger partial charge in [-0.2, -0.15) is 0 Å². The third kappa shape index (κ3) is 3.65. The first-order valence-corrected chi connectivity index (χ1v) is 7.06. The van der Waals surface area contributed by atoms with E-state index >= 15 is 0 Å². The van der Waals surface area contributed by atoms with Crippen molar-refractivity contribution in [3.8, 4) is 0 Å². The molecule has 0 spiro atoms. The van der Waals surface area contributed by atoms with Gasteiger partial charge in [-0.05, 0) is 43.7 Å². The van der Waals surface area contributed by atoms with Gasteiger partial charge in [-0.25, -0.2) is 9.78 Å². The Hall–Kier alpha value is -1.78. The topological polar surface area (TPSA) is 62.2 Å². The van der Waals surface area contributed by atoms with Crippen LogP contribution in [0.2, 0.25) is 10.0 Å². The summed E-state index contributed by atoms with van der Waals surface area (Å²) in [5.41, 5.74) is 1.68. The molecule has 0 radical (unpaired) electrons. The minimum Gasteiger partial charge on any atom is -0.478 e. The van der Waals surface area contributed by atoms with Crippen molar-refractivity contribution < 1.29 is 9.90 Å². The smallest absolute Gasteiger partial charge is 0.339 e. The second kappa shape index (κ2) is 6.33. The molecule has 0 saturated heterocycles. The number of rotatable bonds is 4. The highest BCUT2D eigenvalue weighted by molar-refractivity contribution is 6.35. The normalized spacial score (nSPS) is 12.0. The number of pyridine rings is 1. The Bertz CT molecular complexity index is 689. The molecule has 0 aliphatic heterocycles. The Kier molecular flexibility index (Phi) is 4.70. The molecule has 0 aliphatic carbocycles. The van der Waals surface area contributed by atoms with Crippen molar-refractivity contribution in [3.63, 3.8) is 0 Å². The van der Waals surface area contributed by atoms with E-state index in [2.05, 4.69) is 10.3 Å². The second-order valence-corrected chi connectivity index (χ2v) is 5.53. The first kappa shape index (κ1) is 15.6. The van der Waals surface area contributed by atoms with Crippen LogP contribution in [0.15, 0.2) is 30.3 Å². The fourth-order valence-electron chi connectivity index (χ4n) is 1.97. The lowest BCUT2D eigenvalue weighted by Gasteiger charge is -2.18. The molecule has 1 atom stereocenters. The number of carboxylic acids is 1. The van der Waals surface area contributed by atoms with Crippen molar-refractivity contribution in [3.05, 3.63) is 57.2 Å². The first-order chi connectivity index (χ1) is 9.88. The van der Waals surface area contributed by atoms with Crippen LogP contribution >= 0.6 is 23.2 Å². The number of anilines is 1. The molecular formula is C15H14Cl2N2O2. The van der Waals surface area contributed by atoms with Crippen LogP contribution in [0.4, 0.5) is 5.82 Å². The molecule has 6 heteroatoms. The predicted molar refractivity (Wildman–Crippen MR) is 84.4 cm³/mol. The summed E-state index contributed by atoms with van der Waals surface area (Å²) in [5.74, 6) is -0.708. The van der Waals surface area contributed by atoms with E-state index in [1.54, 1.807) is 31.2 Å². The predicted octanol–water partition coefficient (Wildman–Crippen LogP) is 4.57. The number of hydrogen-bond acceptors (Lipinski definition) is 3. The zero-order valence-corrected chi connectivity index (χ0v) is 13.0. The van der Waals surface area contributed by atoms with Gasteiger partial charge >= 0.3 is 5.97 Å². The Labute approximate surface area is 132 Å². The number of carbonyl (C=O) groups is 1. The molecule has 4 nitrogen and oxygen atoms in total. The van der Waals surface area contributed by atoms with E-state index in [1.165, 1.54) is 6.07 Å². The number of aromatic nitrogens is 1. The Morgan fingerprint density at radius 1 is 1.29 bits per heavy atom. The largest absolute Gasteiger partial charge is 0.478 e. The van der Waals surface area contributed by atoms with Crippen LogP contribution in [0, 0.1) is 6.92 Å². The van der Waals surface area contributed by atoms with Crippen LogP contribution in [0.5, 0.6) is 0 Å². The average Bonchev–Trinajstić information content (AvgIpc) is 2.37. The third-order valence-corrected chi connectivity index (χ3v) is 3.61. The summed E-state index contributed by atoms with van der Waals surface area (Å²) in [6.07, 6.45) is 0. The van der Waals surface area contributed by atoms with Crippen LogP contribution < -0.4 is 5.32 Å². The summed E-state index contributed by atoms with van der Waals surface area (Å²) in [5, 5.41) is 13.4. The van der Waals surface area contributed by atoms with Crippen LogP contribution in [-0.4, -0.2) is 16.1 Å². The number of aryl methyl sites for hydroxylation is 1. The van der Waals surface area contributed by atoms with Gasteiger partial charge in [-0.1, -0.05) is 29.3 Å². The summed E-state index contributed by atoms with van der Waals surface area (Å²) >= 11 is 12.0. The van der Waals surface area contributed by atoms with Crippen molar-refractivity contribution in [2.75, 3.05) is 5.32 Å². The molecule has 1 heterocycles. The monoisotopic (exact) mass is 324 g/mol. The fraction of sp³-hybridized carbons (Fsp3) is 0.200. The Morgan fingerprint density at radius 3 is 2.62 bits per heavy atom. The van der Waals surface area contributed by atoms with Crippen LogP contribution in [-0.2, 0) is 0 Å². The van der Waals surface area contributed by atoms with Gasteiger partial charge in [0.15, 0.2) is 0 Å². The molecule has 0 amide bonds. The maximum Gasteiger partial charge on any atom is 0.339 e. The van der Waals surface area contributed by atoms with E-state index in [4.69, 9.17) is 23.2 Å². The van der Waals surface area contributed by atoms with Crippen molar-refractivity contribution in [2.24, 2.45) is 0 Å². The van der Waals surface area contributed by atoms with E-state index in [-0.39, 0.29) is 11.6 Å². The van der Waals surface area contributed by atoms with Gasteiger partial charge in [0.2, 0.25) is 0 Å². The average molecular weight is 325 g/mol. The van der Waals surface area contributed by atoms with Crippen LogP contribution in [0.25, 0.3) is 0 Å². The number of aromatic carboxylic acids is 1. The molecule has 2 N–H and O–H groups in total. The lowest BCUT2D eigenvalue weighted by molar-refractivity contribution is 0.0697. The lowest BCUT2D eigenvalue weighted by atomic mass is 10.1. The van der Waals surface area contributed by atoms with Gasteiger partial charge in [0.1, 0.15) is 11.4 Å². The van der Waals surface area contributed by atoms with Crippen molar-refractivity contribution in [1.82, 2.24) is 4.98 Å². The lowest BCUT2D eigenvalue weighted by Crippen LogP contribution is -2.13. The quantitative estimate of drug-likeness (QED) is 0.864. The molecule has 21 heavy (non-hydrogen) atoms. The highest BCUT2D eigenvalue weighted by Gasteiger charge is 2.16. The van der Waals surface area contributed by atoms with Crippen LogP contribution in [0.1, 0.15) is 34.6 Å². The van der Waals surface area contributed by atoms with Gasteiger partial charge in [-0.15, -0.1) is 0 Å². The summed E-state index contributed by atoms with van der Waals surface area (Å²) < 4.78 is 0. The minimum atomic E-state index is -1.03. The molecule has 1 unspecified atom stereocenters. The minimum absolute atomic E-state index is 0.123. The van der Waals surface area contributed by atoms with E-state index in [0.29, 0.717) is 15.9 Å². The maximum absolute atomic E-state index is 11.2. The van der Waals surface area contributed by atoms with Gasteiger partial charge in [-0.3, -0.25) is 0 Å². The summed E-state index contributed by atoms with van der Waals surface area (Å²) in [4.78, 5) is 15.5. The standard InChI is InChI=1S/C15H14Cl2N2O2/c1-8-3-5-12(15(20)21)14(18-8)19-9(2)11-6-4-10(16)7-13(11)17/h3-7,9H,1-2H3,(H,18,19)(H,20,21). The molecule has 1 aromatic heterocycles. The molecule has 1 aromatic carbocycles. The fourth-order valence-corrected chi connectivity index (χ4v) is 2.55. The number of nitrogens with zero attached hydrogens (tertiary/aromatic N) is 1. The van der Waals surface area contributed by atoms with Gasteiger partial charge in [0, 0.05) is 15.7 Å². The number of carboxylic acid groups (broad SMARTS) is 1. The molecule has 0 aliphatic rings. The number of hydrogen-bond donors (Lipinski definition) is 2. The van der Waals surface area contributed by atoms with Gasteiger partial charge in [0.05, 0.1) is 6.04 Å². The molecular weight excluding hydrogens is 311 g/mol. The zero-order valence-electron chi connectivity index (χ0n) is 11.5. The summed E-state index contributed by atoms with van der Waals surface area (Å²) in [6.45, 7) is 3.68. The van der Waals surface area contributed by atoms with Gasteiger partial charge < -0.3 is 10.4 Å². The Morgan fingerprint density at radius 2 is 2.00 bits per heavy atom. The zero-order chi connectivity index (χ0) is 15.6. The van der Waals surface area contributed by atoms with E-state index in [1.807, 2.05) is 6.92 Å². The molecule has 110 valence electrons. The number of nitrogens with one attached hydrogen (secondary N) is 1. The SMILES string of the molecule is Cc1ccc(C(=O)O)c(NC(C)c2ccc(Cl)cc2Cl)n1. The number of benzene rings is 1. The first-order valence-electron chi connectivity index (χ1n) is 6.31. The summed E-state index contributed by atoms with van der Waals surface area (Å²) in [7, 11) is 0. The molecule has 0 fully saturated rings. The van der Waals surface area contributed by atoms with Crippen molar-refractivity contribution >= 4 is 35.0 Å². The molecule has 2 rings (SSSR count). The van der Waals surface area contributed by atoms with E-state index < -0.39 is 5.97 Å². The number of halogens is 2. The highest BCUT2D eigenvalue weighted by atomic mass is 35.5. The second-order valence-electron chi connectivity index (χ2n) is 4.69. The molecule has 2 aromatic rings. The maximum atomic E-state index is 11.2. The Balaban J connectivity index is 2.33.